The number of benzene rings is 2. The highest BCUT2D eigenvalue weighted by atomic mass is 19.1. The summed E-state index contributed by atoms with van der Waals surface area (Å²) in [6, 6.07) is 9.86. The third-order valence-electron chi connectivity index (χ3n) is 4.68. The second kappa shape index (κ2) is 13.2. The van der Waals surface area contributed by atoms with Crippen LogP contribution in [0.1, 0.15) is 32.8 Å². The Morgan fingerprint density at radius 2 is 1.82 bits per heavy atom. The maximum Gasteiger partial charge on any atom is 0.319 e. The molecule has 2 amide bonds. The average molecular weight is 456 g/mol. The number of likely N-dealkylation sites (N-methyl/N-ethyl adjacent to an activating group) is 1. The van der Waals surface area contributed by atoms with Gasteiger partial charge in [-0.15, -0.1) is 0 Å². The van der Waals surface area contributed by atoms with Crippen LogP contribution in [0.15, 0.2) is 48.0 Å². The van der Waals surface area contributed by atoms with E-state index in [1.165, 1.54) is 6.07 Å². The molecule has 0 aliphatic rings. The maximum absolute atomic E-state index is 14.9. The molecule has 2 aromatic rings. The summed E-state index contributed by atoms with van der Waals surface area (Å²) in [5.74, 6) is 0.452. The highest BCUT2D eigenvalue weighted by molar-refractivity contribution is 5.90. The van der Waals surface area contributed by atoms with Crippen molar-refractivity contribution in [3.63, 3.8) is 0 Å². The summed E-state index contributed by atoms with van der Waals surface area (Å²) in [5.41, 5.74) is 2.40. The molecule has 0 heterocycles. The van der Waals surface area contributed by atoms with Crippen molar-refractivity contribution in [3.05, 3.63) is 54.4 Å². The number of aliphatic imine (C=N–C) groups is 1. The van der Waals surface area contributed by atoms with E-state index < -0.39 is 5.82 Å². The topological polar surface area (TPSA) is 86.8 Å². The van der Waals surface area contributed by atoms with E-state index in [0.29, 0.717) is 54.1 Å². The van der Waals surface area contributed by atoms with E-state index in [9.17, 15) is 9.18 Å². The van der Waals surface area contributed by atoms with Gasteiger partial charge in [0.1, 0.15) is 18.2 Å². The molecule has 0 atom stereocenters. The van der Waals surface area contributed by atoms with Crippen molar-refractivity contribution in [3.8, 4) is 5.75 Å². The van der Waals surface area contributed by atoms with Crippen LogP contribution in [0.25, 0.3) is 5.70 Å². The molecule has 2 aromatic carbocycles. The van der Waals surface area contributed by atoms with Crippen molar-refractivity contribution in [2.24, 2.45) is 10.9 Å². The van der Waals surface area contributed by atoms with Gasteiger partial charge in [0.15, 0.2) is 0 Å². The molecule has 0 bridgehead atoms. The van der Waals surface area contributed by atoms with Gasteiger partial charge in [-0.25, -0.2) is 9.18 Å². The van der Waals surface area contributed by atoms with Crippen LogP contribution < -0.4 is 26.0 Å². The maximum atomic E-state index is 14.9. The molecular weight excluding hydrogens is 421 g/mol. The van der Waals surface area contributed by atoms with Gasteiger partial charge in [0.25, 0.3) is 0 Å². The van der Waals surface area contributed by atoms with Crippen LogP contribution in [0.2, 0.25) is 0 Å². The van der Waals surface area contributed by atoms with Gasteiger partial charge < -0.3 is 26.0 Å². The van der Waals surface area contributed by atoms with Gasteiger partial charge in [-0.3, -0.25) is 4.99 Å². The second-order valence-electron chi connectivity index (χ2n) is 7.88. The van der Waals surface area contributed by atoms with E-state index >= 15 is 0 Å². The molecule has 0 aliphatic heterocycles. The molecule has 0 aliphatic carbocycles. The van der Waals surface area contributed by atoms with E-state index in [4.69, 9.17) is 4.74 Å². The molecule has 0 aromatic heterocycles. The van der Waals surface area contributed by atoms with Gasteiger partial charge in [0, 0.05) is 48.5 Å². The number of ether oxygens (including phenoxy) is 1. The summed E-state index contributed by atoms with van der Waals surface area (Å²) in [6.45, 7) is 11.7. The van der Waals surface area contributed by atoms with Gasteiger partial charge in [-0.05, 0) is 50.6 Å². The zero-order valence-corrected chi connectivity index (χ0v) is 19.8. The number of nitrogens with one attached hydrogen (secondary N) is 4. The summed E-state index contributed by atoms with van der Waals surface area (Å²) in [6.07, 6.45) is 2.51. The van der Waals surface area contributed by atoms with Crippen LogP contribution in [0.3, 0.4) is 0 Å². The molecule has 2 rings (SSSR count). The monoisotopic (exact) mass is 455 g/mol. The molecule has 0 saturated carbocycles. The lowest BCUT2D eigenvalue weighted by molar-refractivity contribution is 0.251. The first-order valence-electron chi connectivity index (χ1n) is 11.0. The molecule has 33 heavy (non-hydrogen) atoms. The summed E-state index contributed by atoms with van der Waals surface area (Å²) in [5, 5.41) is 11.7. The second-order valence-corrected chi connectivity index (χ2v) is 7.88. The number of carbonyl (C=O) groups excluding carboxylic acids is 1. The number of anilines is 2. The Balaban J connectivity index is 2.06. The summed E-state index contributed by atoms with van der Waals surface area (Å²) in [7, 11) is 1.82. The van der Waals surface area contributed by atoms with Gasteiger partial charge in [-0.2, -0.15) is 0 Å². The fourth-order valence-electron chi connectivity index (χ4n) is 2.99. The summed E-state index contributed by atoms with van der Waals surface area (Å²) < 4.78 is 20.5. The minimum atomic E-state index is -0.480. The molecule has 8 heteroatoms. The first-order chi connectivity index (χ1) is 15.8. The number of halogens is 1. The molecule has 4 N–H and O–H groups in total. The highest BCUT2D eigenvalue weighted by Gasteiger charge is 2.15. The minimum Gasteiger partial charge on any atom is -0.492 e. The SMILES string of the molecule is C=C(Nc1ccc(NC(=O)NCCC(C)C)cc1)c1c(F)cc(OCCNC)cc1N=CC. The highest BCUT2D eigenvalue weighted by Crippen LogP contribution is 2.33. The van der Waals surface area contributed by atoms with Crippen molar-refractivity contribution in [1.82, 2.24) is 10.6 Å². The lowest BCUT2D eigenvalue weighted by atomic mass is 10.1. The fraction of sp³-hybridized carbons (Fsp3) is 0.360. The van der Waals surface area contributed by atoms with Crippen LogP contribution in [0, 0.1) is 11.7 Å². The number of hydrogen-bond donors (Lipinski definition) is 4. The predicted molar refractivity (Wildman–Crippen MR) is 135 cm³/mol. The van der Waals surface area contributed by atoms with Gasteiger partial charge in [0.2, 0.25) is 0 Å². The Morgan fingerprint density at radius 3 is 2.42 bits per heavy atom. The van der Waals surface area contributed by atoms with Gasteiger partial charge in [-0.1, -0.05) is 20.4 Å². The largest absolute Gasteiger partial charge is 0.492 e. The summed E-state index contributed by atoms with van der Waals surface area (Å²) in [4.78, 5) is 16.3. The molecule has 0 spiro atoms. The number of hydrogen-bond acceptors (Lipinski definition) is 5. The quantitative estimate of drug-likeness (QED) is 0.255. The molecule has 0 radical (unpaired) electrons. The molecule has 7 nitrogen and oxygen atoms in total. The number of carbonyl (C=O) groups is 1. The normalized spacial score (nSPS) is 11.0. The number of amides is 2. The number of nitrogens with zero attached hydrogens (tertiary/aromatic N) is 1. The van der Waals surface area contributed by atoms with Gasteiger partial charge in [0.05, 0.1) is 11.3 Å². The van der Waals surface area contributed by atoms with Crippen molar-refractivity contribution < 1.29 is 13.9 Å². The first kappa shape index (κ1) is 25.9. The van der Waals surface area contributed by atoms with Crippen LogP contribution in [0.4, 0.5) is 26.2 Å². The summed E-state index contributed by atoms with van der Waals surface area (Å²) >= 11 is 0. The molecule has 0 fully saturated rings. The van der Waals surface area contributed by atoms with Crippen molar-refractivity contribution in [2.45, 2.75) is 27.2 Å². The smallest absolute Gasteiger partial charge is 0.319 e. The third-order valence-corrected chi connectivity index (χ3v) is 4.68. The van der Waals surface area contributed by atoms with Crippen LogP contribution >= 0.6 is 0 Å². The van der Waals surface area contributed by atoms with Crippen molar-refractivity contribution in [2.75, 3.05) is 37.4 Å². The molecular formula is C25H34FN5O2. The van der Waals surface area contributed by atoms with E-state index in [-0.39, 0.29) is 11.6 Å². The zero-order valence-electron chi connectivity index (χ0n) is 19.8. The third kappa shape index (κ3) is 8.57. The van der Waals surface area contributed by atoms with Crippen molar-refractivity contribution in [1.29, 1.82) is 0 Å². The molecule has 0 saturated heterocycles. The van der Waals surface area contributed by atoms with E-state index in [1.54, 1.807) is 43.5 Å². The standard InChI is InChI=1S/C25H34FN5O2/c1-6-28-23-16-21(33-14-13-27-5)15-22(26)24(23)18(4)30-19-7-9-20(10-8-19)31-25(32)29-12-11-17(2)3/h6-10,15-17,27,30H,4,11-14H2,1-3,5H3,(H2,29,31,32). The lowest BCUT2D eigenvalue weighted by Gasteiger charge is -2.15. The van der Waals surface area contributed by atoms with E-state index in [2.05, 4.69) is 46.7 Å². The predicted octanol–water partition coefficient (Wildman–Crippen LogP) is 5.40. The van der Waals surface area contributed by atoms with Crippen LogP contribution in [0.5, 0.6) is 5.75 Å². The Bertz CT molecular complexity index is 958. The average Bonchev–Trinajstić information content (AvgIpc) is 2.75. The Labute approximate surface area is 195 Å². The van der Waals surface area contributed by atoms with Crippen LogP contribution in [-0.2, 0) is 0 Å². The Hall–Kier alpha value is -3.39. The molecule has 178 valence electrons. The fourth-order valence-corrected chi connectivity index (χ4v) is 2.99. The number of urea groups is 1. The van der Waals surface area contributed by atoms with Crippen molar-refractivity contribution >= 4 is 35.0 Å². The first-order valence-corrected chi connectivity index (χ1v) is 11.0. The lowest BCUT2D eigenvalue weighted by Crippen LogP contribution is -2.30. The minimum absolute atomic E-state index is 0.248. The van der Waals surface area contributed by atoms with Gasteiger partial charge >= 0.3 is 6.03 Å². The Kier molecular flexibility index (Phi) is 10.4. The number of rotatable bonds is 12. The van der Waals surface area contributed by atoms with Crippen LogP contribution in [-0.4, -0.2) is 39.0 Å². The Morgan fingerprint density at radius 1 is 1.15 bits per heavy atom. The zero-order chi connectivity index (χ0) is 24.2. The van der Waals surface area contributed by atoms with E-state index in [0.717, 1.165) is 6.42 Å². The van der Waals surface area contributed by atoms with E-state index in [1.807, 2.05) is 7.05 Å². The molecule has 0 unspecified atom stereocenters.